The van der Waals surface area contributed by atoms with E-state index in [-0.39, 0.29) is 17.5 Å². The minimum Gasteiger partial charge on any atom is -0.395 e. The lowest BCUT2D eigenvalue weighted by Crippen LogP contribution is -2.63. The lowest BCUT2D eigenvalue weighted by molar-refractivity contribution is -0.133. The van der Waals surface area contributed by atoms with E-state index >= 15 is 0 Å². The molecule has 0 bridgehead atoms. The van der Waals surface area contributed by atoms with E-state index in [1.807, 2.05) is 6.92 Å². The minimum atomic E-state index is -0.897. The zero-order chi connectivity index (χ0) is 14.9. The van der Waals surface area contributed by atoms with Crippen molar-refractivity contribution in [3.63, 3.8) is 0 Å². The number of aromatic nitrogens is 2. The predicted molar refractivity (Wildman–Crippen MR) is 75.1 cm³/mol. The van der Waals surface area contributed by atoms with E-state index < -0.39 is 5.54 Å². The molecule has 2 amide bonds. The largest absolute Gasteiger partial charge is 0.395 e. The van der Waals surface area contributed by atoms with Crippen LogP contribution in [0.3, 0.4) is 0 Å². The quantitative estimate of drug-likeness (QED) is 0.740. The van der Waals surface area contributed by atoms with Crippen LogP contribution >= 0.6 is 0 Å². The number of nitrogens with one attached hydrogen (secondary N) is 2. The summed E-state index contributed by atoms with van der Waals surface area (Å²) in [5.41, 5.74) is 6.45. The second-order valence-corrected chi connectivity index (χ2v) is 5.49. The molecule has 0 radical (unpaired) electrons. The van der Waals surface area contributed by atoms with Crippen LogP contribution in [0.2, 0.25) is 0 Å². The average Bonchev–Trinajstić information content (AvgIpc) is 2.74. The number of nitrogens with zero attached hydrogens (tertiary/aromatic N) is 2. The van der Waals surface area contributed by atoms with Crippen molar-refractivity contribution in [3.8, 4) is 0 Å². The fourth-order valence-corrected chi connectivity index (χ4v) is 2.37. The highest BCUT2D eigenvalue weighted by molar-refractivity contribution is 6.01. The van der Waals surface area contributed by atoms with Gasteiger partial charge < -0.3 is 16.0 Å². The molecule has 20 heavy (non-hydrogen) atoms. The van der Waals surface area contributed by atoms with Gasteiger partial charge in [0.1, 0.15) is 5.54 Å². The lowest BCUT2D eigenvalue weighted by atomic mass is 9.98. The number of carbonyl (C=O) groups is 2. The number of amides is 2. The molecule has 0 aromatic carbocycles. The zero-order valence-electron chi connectivity index (χ0n) is 12.1. The Kier molecular flexibility index (Phi) is 3.69. The van der Waals surface area contributed by atoms with Gasteiger partial charge in [-0.2, -0.15) is 5.10 Å². The Morgan fingerprint density at radius 2 is 2.20 bits per heavy atom. The molecule has 0 spiro atoms. The molecule has 7 nitrogen and oxygen atoms in total. The van der Waals surface area contributed by atoms with Crippen LogP contribution in [0, 0.1) is 0 Å². The first-order chi connectivity index (χ1) is 9.39. The lowest BCUT2D eigenvalue weighted by Gasteiger charge is -2.40. The van der Waals surface area contributed by atoms with Crippen molar-refractivity contribution < 1.29 is 9.59 Å². The number of aryl methyl sites for hydroxylation is 1. The summed E-state index contributed by atoms with van der Waals surface area (Å²) in [4.78, 5) is 26.0. The van der Waals surface area contributed by atoms with E-state index in [1.165, 1.54) is 4.90 Å². The molecule has 4 N–H and O–H groups in total. The summed E-state index contributed by atoms with van der Waals surface area (Å²) in [6, 6.07) is 0. The predicted octanol–water partition coefficient (Wildman–Crippen LogP) is 0.295. The van der Waals surface area contributed by atoms with Gasteiger partial charge in [0.05, 0.1) is 11.4 Å². The smallest absolute Gasteiger partial charge is 0.277 e. The minimum absolute atomic E-state index is 0.167. The van der Waals surface area contributed by atoms with Crippen molar-refractivity contribution in [2.24, 2.45) is 0 Å². The van der Waals surface area contributed by atoms with Gasteiger partial charge >= 0.3 is 0 Å². The maximum absolute atomic E-state index is 12.6. The first-order valence-corrected chi connectivity index (χ1v) is 6.82. The van der Waals surface area contributed by atoms with Crippen molar-refractivity contribution in [3.05, 3.63) is 11.4 Å². The molecule has 1 saturated heterocycles. The normalized spacial score (nSPS) is 17.9. The molecule has 2 rings (SSSR count). The number of rotatable bonds is 3. The maximum atomic E-state index is 12.6. The third-order valence-corrected chi connectivity index (χ3v) is 3.68. The molecule has 0 saturated carbocycles. The van der Waals surface area contributed by atoms with Gasteiger partial charge in [0.2, 0.25) is 5.91 Å². The SMILES string of the molecule is CCCc1[nH]nc(C(=O)N2CCNC(=O)C2(C)C)c1N. The first kappa shape index (κ1) is 14.4. The summed E-state index contributed by atoms with van der Waals surface area (Å²) in [5, 5.41) is 9.59. The monoisotopic (exact) mass is 279 g/mol. The molecule has 1 fully saturated rings. The van der Waals surface area contributed by atoms with E-state index in [0.717, 1.165) is 18.5 Å². The third kappa shape index (κ3) is 2.23. The Bertz CT molecular complexity index is 535. The van der Waals surface area contributed by atoms with Gasteiger partial charge in [-0.25, -0.2) is 0 Å². The Labute approximate surface area is 117 Å². The second kappa shape index (κ2) is 5.15. The highest BCUT2D eigenvalue weighted by Crippen LogP contribution is 2.23. The van der Waals surface area contributed by atoms with E-state index in [9.17, 15) is 9.59 Å². The molecule has 110 valence electrons. The molecule has 1 aliphatic rings. The highest BCUT2D eigenvalue weighted by Gasteiger charge is 2.41. The number of H-pyrrole nitrogens is 1. The van der Waals surface area contributed by atoms with Crippen LogP contribution in [0.25, 0.3) is 0 Å². The highest BCUT2D eigenvalue weighted by atomic mass is 16.2. The number of hydrogen-bond donors (Lipinski definition) is 3. The summed E-state index contributed by atoms with van der Waals surface area (Å²) < 4.78 is 0. The molecule has 0 unspecified atom stereocenters. The second-order valence-electron chi connectivity index (χ2n) is 5.49. The van der Waals surface area contributed by atoms with E-state index in [1.54, 1.807) is 13.8 Å². The van der Waals surface area contributed by atoms with Gasteiger partial charge in [0.15, 0.2) is 5.69 Å². The zero-order valence-corrected chi connectivity index (χ0v) is 12.1. The summed E-state index contributed by atoms with van der Waals surface area (Å²) in [6.45, 7) is 6.36. The summed E-state index contributed by atoms with van der Waals surface area (Å²) >= 11 is 0. The van der Waals surface area contributed by atoms with E-state index in [4.69, 9.17) is 5.73 Å². The van der Waals surface area contributed by atoms with Gasteiger partial charge in [-0.15, -0.1) is 0 Å². The number of hydrogen-bond acceptors (Lipinski definition) is 4. The van der Waals surface area contributed by atoms with Gasteiger partial charge in [-0.05, 0) is 20.3 Å². The third-order valence-electron chi connectivity index (χ3n) is 3.68. The Morgan fingerprint density at radius 1 is 1.50 bits per heavy atom. The number of nitrogens with two attached hydrogens (primary N) is 1. The molecule has 2 heterocycles. The van der Waals surface area contributed by atoms with Gasteiger partial charge in [0, 0.05) is 13.1 Å². The molecular formula is C13H21N5O2. The Hall–Kier alpha value is -2.05. The molecule has 1 aliphatic heterocycles. The topological polar surface area (TPSA) is 104 Å². The van der Waals surface area contributed by atoms with Crippen LogP contribution in [0.4, 0.5) is 5.69 Å². The van der Waals surface area contributed by atoms with E-state index in [2.05, 4.69) is 15.5 Å². The number of aromatic amines is 1. The van der Waals surface area contributed by atoms with Crippen molar-refractivity contribution in [2.75, 3.05) is 18.8 Å². The maximum Gasteiger partial charge on any atom is 0.277 e. The number of anilines is 1. The summed E-state index contributed by atoms with van der Waals surface area (Å²) in [6.07, 6.45) is 1.66. The Balaban J connectivity index is 2.29. The number of nitrogen functional groups attached to an aromatic ring is 1. The van der Waals surface area contributed by atoms with Crippen molar-refractivity contribution in [1.82, 2.24) is 20.4 Å². The molecule has 1 aromatic rings. The molecule has 1 aromatic heterocycles. The summed E-state index contributed by atoms with van der Waals surface area (Å²) in [5.74, 6) is -0.471. The molecule has 7 heteroatoms. The van der Waals surface area contributed by atoms with Crippen LogP contribution in [0.1, 0.15) is 43.4 Å². The summed E-state index contributed by atoms with van der Waals surface area (Å²) in [7, 11) is 0. The fraction of sp³-hybridized carbons (Fsp3) is 0.615. The van der Waals surface area contributed by atoms with Crippen LogP contribution in [-0.4, -0.2) is 45.5 Å². The Morgan fingerprint density at radius 3 is 2.85 bits per heavy atom. The van der Waals surface area contributed by atoms with Crippen LogP contribution in [0.5, 0.6) is 0 Å². The average molecular weight is 279 g/mol. The van der Waals surface area contributed by atoms with Gasteiger partial charge in [-0.3, -0.25) is 14.7 Å². The number of carbonyl (C=O) groups excluding carboxylic acids is 2. The standard InChI is InChI=1S/C13H21N5O2/c1-4-5-8-9(14)10(17-16-8)11(19)18-7-6-15-12(20)13(18,2)3/h4-7,14H2,1-3H3,(H,15,20)(H,16,17). The number of piperazine rings is 1. The molecular weight excluding hydrogens is 258 g/mol. The van der Waals surface area contributed by atoms with Crippen molar-refractivity contribution in [2.45, 2.75) is 39.2 Å². The first-order valence-electron chi connectivity index (χ1n) is 6.82. The van der Waals surface area contributed by atoms with Crippen LogP contribution < -0.4 is 11.1 Å². The van der Waals surface area contributed by atoms with Crippen molar-refractivity contribution in [1.29, 1.82) is 0 Å². The van der Waals surface area contributed by atoms with Crippen molar-refractivity contribution >= 4 is 17.5 Å². The van der Waals surface area contributed by atoms with Gasteiger partial charge in [-0.1, -0.05) is 13.3 Å². The van der Waals surface area contributed by atoms with Gasteiger partial charge in [0.25, 0.3) is 5.91 Å². The van der Waals surface area contributed by atoms with Crippen LogP contribution in [-0.2, 0) is 11.2 Å². The molecule has 0 atom stereocenters. The fourth-order valence-electron chi connectivity index (χ4n) is 2.37. The van der Waals surface area contributed by atoms with Crippen LogP contribution in [0.15, 0.2) is 0 Å². The van der Waals surface area contributed by atoms with E-state index in [0.29, 0.717) is 18.8 Å². The molecule has 0 aliphatic carbocycles.